The number of benzene rings is 3. The molecule has 3 aromatic rings. The molecular formula is C27H31N3O3S. The van der Waals surface area contributed by atoms with Gasteiger partial charge in [-0.2, -0.15) is 4.31 Å². The zero-order valence-corrected chi connectivity index (χ0v) is 20.3. The highest BCUT2D eigenvalue weighted by atomic mass is 32.2. The molecule has 0 unspecified atom stereocenters. The minimum atomic E-state index is -3.65. The summed E-state index contributed by atoms with van der Waals surface area (Å²) in [6.07, 6.45) is 0.721. The van der Waals surface area contributed by atoms with E-state index in [0.717, 1.165) is 17.5 Å². The average molecular weight is 478 g/mol. The number of sulfonamides is 1. The molecule has 0 aromatic heterocycles. The van der Waals surface area contributed by atoms with E-state index in [4.69, 9.17) is 0 Å². The first-order valence-corrected chi connectivity index (χ1v) is 13.0. The number of hydrogen-bond acceptors (Lipinski definition) is 4. The monoisotopic (exact) mass is 477 g/mol. The summed E-state index contributed by atoms with van der Waals surface area (Å²) >= 11 is 0. The third-order valence-corrected chi connectivity index (χ3v) is 8.09. The van der Waals surface area contributed by atoms with Gasteiger partial charge in [0.1, 0.15) is 0 Å². The van der Waals surface area contributed by atoms with Gasteiger partial charge in [-0.05, 0) is 42.8 Å². The van der Waals surface area contributed by atoms with Crippen LogP contribution in [0.5, 0.6) is 0 Å². The number of carbonyl (C=O) groups excluding carboxylic acids is 1. The first-order valence-electron chi connectivity index (χ1n) is 11.6. The number of carbonyl (C=O) groups is 1. The van der Waals surface area contributed by atoms with E-state index < -0.39 is 10.0 Å². The van der Waals surface area contributed by atoms with Gasteiger partial charge in [0.2, 0.25) is 10.0 Å². The van der Waals surface area contributed by atoms with E-state index in [-0.39, 0.29) is 10.8 Å². The minimum Gasteiger partial charge on any atom is -0.334 e. The molecule has 0 radical (unpaired) electrons. The molecule has 3 aromatic carbocycles. The van der Waals surface area contributed by atoms with Crippen molar-refractivity contribution in [3.05, 3.63) is 102 Å². The molecule has 0 aliphatic carbocycles. The van der Waals surface area contributed by atoms with Crippen molar-refractivity contribution in [3.63, 3.8) is 0 Å². The van der Waals surface area contributed by atoms with Crippen LogP contribution in [0.2, 0.25) is 0 Å². The Morgan fingerprint density at radius 1 is 0.824 bits per heavy atom. The molecule has 1 saturated heterocycles. The molecule has 1 amide bonds. The molecule has 1 aliphatic heterocycles. The predicted octanol–water partition coefficient (Wildman–Crippen LogP) is 3.51. The summed E-state index contributed by atoms with van der Waals surface area (Å²) in [7, 11) is -1.66. The van der Waals surface area contributed by atoms with Gasteiger partial charge in [0.05, 0.1) is 4.90 Å². The van der Waals surface area contributed by atoms with E-state index in [2.05, 4.69) is 17.0 Å². The van der Waals surface area contributed by atoms with Crippen molar-refractivity contribution >= 4 is 15.9 Å². The predicted molar refractivity (Wildman–Crippen MR) is 134 cm³/mol. The Balaban J connectivity index is 1.56. The zero-order chi connectivity index (χ0) is 24.0. The maximum atomic E-state index is 13.6. The normalized spacial score (nSPS) is 15.2. The molecule has 178 valence electrons. The highest BCUT2D eigenvalue weighted by Gasteiger charge is 2.28. The lowest BCUT2D eigenvalue weighted by Gasteiger charge is -2.31. The van der Waals surface area contributed by atoms with Crippen LogP contribution in [-0.4, -0.2) is 68.2 Å². The Labute approximate surface area is 202 Å². The first-order chi connectivity index (χ1) is 16.4. The van der Waals surface area contributed by atoms with Gasteiger partial charge in [-0.25, -0.2) is 8.42 Å². The quantitative estimate of drug-likeness (QED) is 0.498. The van der Waals surface area contributed by atoms with Gasteiger partial charge in [-0.3, -0.25) is 4.79 Å². The standard InChI is InChI=1S/C27H31N3O3S/c1-28-17-19-30(20-18-28)34(32,33)26-14-8-13-25(21-26)27(31)29(22-24-11-6-3-7-12-24)16-15-23-9-4-2-5-10-23/h2-14,21H,15-20,22H2,1H3. The topological polar surface area (TPSA) is 60.9 Å². The Morgan fingerprint density at radius 2 is 1.44 bits per heavy atom. The minimum absolute atomic E-state index is 0.171. The summed E-state index contributed by atoms with van der Waals surface area (Å²) in [6, 6.07) is 26.4. The number of amides is 1. The molecule has 1 aliphatic rings. The number of piperazine rings is 1. The third-order valence-electron chi connectivity index (χ3n) is 6.20. The molecule has 6 nitrogen and oxygen atoms in total. The van der Waals surface area contributed by atoms with E-state index in [1.807, 2.05) is 55.6 Å². The van der Waals surface area contributed by atoms with Gasteiger partial charge in [-0.1, -0.05) is 66.7 Å². The third kappa shape index (κ3) is 5.91. The Bertz CT molecular complexity index is 1190. The summed E-state index contributed by atoms with van der Waals surface area (Å²) in [5.74, 6) is -0.171. The highest BCUT2D eigenvalue weighted by Crippen LogP contribution is 2.20. The van der Waals surface area contributed by atoms with E-state index >= 15 is 0 Å². The number of likely N-dealkylation sites (N-methyl/N-ethyl adjacent to an activating group) is 1. The average Bonchev–Trinajstić information content (AvgIpc) is 2.87. The van der Waals surface area contributed by atoms with Gasteiger partial charge >= 0.3 is 0 Å². The maximum absolute atomic E-state index is 13.6. The SMILES string of the molecule is CN1CCN(S(=O)(=O)c2cccc(C(=O)N(CCc3ccccc3)Cc3ccccc3)c2)CC1. The van der Waals surface area contributed by atoms with Crippen molar-refractivity contribution in [3.8, 4) is 0 Å². The van der Waals surface area contributed by atoms with Crippen LogP contribution in [0, 0.1) is 0 Å². The fourth-order valence-corrected chi connectivity index (χ4v) is 5.58. The van der Waals surface area contributed by atoms with Crippen LogP contribution in [-0.2, 0) is 23.0 Å². The number of rotatable bonds is 8. The lowest BCUT2D eigenvalue weighted by molar-refractivity contribution is 0.0745. The van der Waals surface area contributed by atoms with E-state index in [1.54, 1.807) is 23.1 Å². The first kappa shape index (κ1) is 24.1. The molecular weight excluding hydrogens is 446 g/mol. The summed E-state index contributed by atoms with van der Waals surface area (Å²) in [6.45, 7) is 3.29. The smallest absolute Gasteiger partial charge is 0.254 e. The van der Waals surface area contributed by atoms with E-state index in [9.17, 15) is 13.2 Å². The van der Waals surface area contributed by atoms with Crippen molar-refractivity contribution in [2.75, 3.05) is 39.8 Å². The molecule has 0 N–H and O–H groups in total. The van der Waals surface area contributed by atoms with Gasteiger partial charge in [0.15, 0.2) is 0 Å². The van der Waals surface area contributed by atoms with Crippen molar-refractivity contribution in [2.45, 2.75) is 17.9 Å². The fourth-order valence-electron chi connectivity index (χ4n) is 4.11. The Kier molecular flexibility index (Phi) is 7.77. The Hall–Kier alpha value is -3.00. The fraction of sp³-hybridized carbons (Fsp3) is 0.296. The van der Waals surface area contributed by atoms with Crippen LogP contribution in [0.3, 0.4) is 0 Å². The van der Waals surface area contributed by atoms with Crippen LogP contribution in [0.15, 0.2) is 89.8 Å². The molecule has 1 fully saturated rings. The van der Waals surface area contributed by atoms with Gasteiger partial charge in [-0.15, -0.1) is 0 Å². The van der Waals surface area contributed by atoms with E-state index in [0.29, 0.717) is 44.8 Å². The van der Waals surface area contributed by atoms with Crippen molar-refractivity contribution in [1.82, 2.24) is 14.1 Å². The summed E-state index contributed by atoms with van der Waals surface area (Å²) in [5.41, 5.74) is 2.57. The van der Waals surface area contributed by atoms with Crippen LogP contribution in [0.1, 0.15) is 21.5 Å². The van der Waals surface area contributed by atoms with Crippen LogP contribution < -0.4 is 0 Å². The molecule has 1 heterocycles. The summed E-state index contributed by atoms with van der Waals surface area (Å²) < 4.78 is 28.0. The molecule has 0 spiro atoms. The lowest BCUT2D eigenvalue weighted by atomic mass is 10.1. The summed E-state index contributed by atoms with van der Waals surface area (Å²) in [4.78, 5) is 17.7. The molecule has 34 heavy (non-hydrogen) atoms. The van der Waals surface area contributed by atoms with E-state index in [1.165, 1.54) is 10.4 Å². The lowest BCUT2D eigenvalue weighted by Crippen LogP contribution is -2.47. The highest BCUT2D eigenvalue weighted by molar-refractivity contribution is 7.89. The van der Waals surface area contributed by atoms with Crippen LogP contribution >= 0.6 is 0 Å². The maximum Gasteiger partial charge on any atom is 0.254 e. The molecule has 7 heteroatoms. The zero-order valence-electron chi connectivity index (χ0n) is 19.5. The molecule has 0 bridgehead atoms. The van der Waals surface area contributed by atoms with Crippen LogP contribution in [0.25, 0.3) is 0 Å². The van der Waals surface area contributed by atoms with Gasteiger partial charge in [0.25, 0.3) is 5.91 Å². The van der Waals surface area contributed by atoms with Crippen LogP contribution in [0.4, 0.5) is 0 Å². The van der Waals surface area contributed by atoms with Crippen molar-refractivity contribution in [1.29, 1.82) is 0 Å². The second-order valence-electron chi connectivity index (χ2n) is 8.68. The number of hydrogen-bond donors (Lipinski definition) is 0. The largest absolute Gasteiger partial charge is 0.334 e. The molecule has 0 saturated carbocycles. The second-order valence-corrected chi connectivity index (χ2v) is 10.6. The van der Waals surface area contributed by atoms with Crippen molar-refractivity contribution < 1.29 is 13.2 Å². The molecule has 4 rings (SSSR count). The van der Waals surface area contributed by atoms with Gasteiger partial charge < -0.3 is 9.80 Å². The summed E-state index contributed by atoms with van der Waals surface area (Å²) in [5, 5.41) is 0. The number of nitrogens with zero attached hydrogens (tertiary/aromatic N) is 3. The van der Waals surface area contributed by atoms with Crippen molar-refractivity contribution in [2.24, 2.45) is 0 Å². The molecule has 0 atom stereocenters. The van der Waals surface area contributed by atoms with Gasteiger partial charge in [0, 0.05) is 44.8 Å². The second kappa shape index (κ2) is 11.0. The Morgan fingerprint density at radius 3 is 2.09 bits per heavy atom.